The van der Waals surface area contributed by atoms with Gasteiger partial charge >= 0.3 is 0 Å². The number of Topliss-reactive ketones (excluding diaryl/α,β-unsaturated/α-hetero) is 1. The first-order chi connectivity index (χ1) is 11.9. The lowest BCUT2D eigenvalue weighted by Gasteiger charge is -2.38. The molecule has 2 rings (SSSR count). The molecule has 2 atom stereocenters. The highest BCUT2D eigenvalue weighted by Gasteiger charge is 2.45. The zero-order chi connectivity index (χ0) is 18.4. The fraction of sp³-hybridized carbons (Fsp3) is 0.409. The second-order valence-electron chi connectivity index (χ2n) is 7.04. The number of carbonyl (C=O) groups is 1. The van der Waals surface area contributed by atoms with Gasteiger partial charge in [0.15, 0.2) is 0 Å². The number of likely N-dealkylation sites (N-methyl/N-ethyl adjacent to an activating group) is 1. The maximum atomic E-state index is 13.3. The van der Waals surface area contributed by atoms with Crippen LogP contribution in [0.2, 0.25) is 0 Å². The van der Waals surface area contributed by atoms with E-state index in [1.165, 1.54) is 0 Å². The Kier molecular flexibility index (Phi) is 6.51. The quantitative estimate of drug-likeness (QED) is 0.774. The van der Waals surface area contributed by atoms with E-state index < -0.39 is 11.5 Å². The van der Waals surface area contributed by atoms with Crippen LogP contribution in [0.15, 0.2) is 60.7 Å². The van der Waals surface area contributed by atoms with Crippen molar-refractivity contribution in [2.24, 2.45) is 0 Å². The number of carbonyl (C=O) groups excluding carboxylic acids is 1. The largest absolute Gasteiger partial charge is 0.387 e. The smallest absolute Gasteiger partial charge is 0.147 e. The predicted molar refractivity (Wildman–Crippen MR) is 102 cm³/mol. The van der Waals surface area contributed by atoms with Gasteiger partial charge in [-0.25, -0.2) is 0 Å². The van der Waals surface area contributed by atoms with Crippen LogP contribution in [-0.4, -0.2) is 37.1 Å². The standard InChI is InChI=1S/C22H29NO2/c1-5-21(25)22(18-12-8-6-9-13-18,19-14-10-7-11-15-19)16-20(17(2)24)23(3)4/h6-15,17,20,24H,5,16H2,1-4H3/p+1/t17-,20+/m0/s1. The molecule has 0 radical (unpaired) electrons. The van der Waals surface area contributed by atoms with Gasteiger partial charge in [0, 0.05) is 12.8 Å². The van der Waals surface area contributed by atoms with Crippen molar-refractivity contribution in [3.05, 3.63) is 71.8 Å². The fourth-order valence-electron chi connectivity index (χ4n) is 3.77. The number of rotatable bonds is 8. The summed E-state index contributed by atoms with van der Waals surface area (Å²) >= 11 is 0. The third-order valence-electron chi connectivity index (χ3n) is 5.18. The van der Waals surface area contributed by atoms with Gasteiger partial charge in [0.25, 0.3) is 0 Å². The molecular formula is C22H30NO2+. The average molecular weight is 340 g/mol. The van der Waals surface area contributed by atoms with E-state index in [2.05, 4.69) is 0 Å². The second-order valence-corrected chi connectivity index (χ2v) is 7.04. The first kappa shape index (κ1) is 19.4. The van der Waals surface area contributed by atoms with Gasteiger partial charge in [0.1, 0.15) is 17.9 Å². The van der Waals surface area contributed by atoms with Crippen LogP contribution in [0, 0.1) is 0 Å². The lowest BCUT2D eigenvalue weighted by molar-refractivity contribution is -0.890. The van der Waals surface area contributed by atoms with E-state index in [9.17, 15) is 9.90 Å². The zero-order valence-electron chi connectivity index (χ0n) is 15.7. The predicted octanol–water partition coefficient (Wildman–Crippen LogP) is 2.24. The van der Waals surface area contributed by atoms with Crippen molar-refractivity contribution in [2.45, 2.75) is 44.2 Å². The summed E-state index contributed by atoms with van der Waals surface area (Å²) in [6.07, 6.45) is 0.536. The molecule has 0 aliphatic rings. The molecule has 0 spiro atoms. The number of hydrogen-bond donors (Lipinski definition) is 2. The van der Waals surface area contributed by atoms with E-state index in [-0.39, 0.29) is 11.8 Å². The van der Waals surface area contributed by atoms with E-state index in [1.54, 1.807) is 0 Å². The van der Waals surface area contributed by atoms with Gasteiger partial charge in [0.2, 0.25) is 0 Å². The summed E-state index contributed by atoms with van der Waals surface area (Å²) in [6, 6.07) is 20.0. The molecule has 0 aliphatic heterocycles. The Hall–Kier alpha value is -1.97. The summed E-state index contributed by atoms with van der Waals surface area (Å²) in [4.78, 5) is 14.5. The summed E-state index contributed by atoms with van der Waals surface area (Å²) in [5, 5.41) is 10.4. The van der Waals surface area contributed by atoms with E-state index in [1.807, 2.05) is 88.6 Å². The van der Waals surface area contributed by atoms with E-state index in [4.69, 9.17) is 0 Å². The number of nitrogens with one attached hydrogen (secondary N) is 1. The molecule has 0 aliphatic carbocycles. The third-order valence-corrected chi connectivity index (χ3v) is 5.18. The molecule has 0 heterocycles. The molecule has 0 saturated heterocycles. The number of benzene rings is 2. The van der Waals surface area contributed by atoms with E-state index in [0.29, 0.717) is 12.8 Å². The highest BCUT2D eigenvalue weighted by Crippen LogP contribution is 2.38. The molecule has 2 aromatic carbocycles. The molecule has 0 aromatic heterocycles. The Bertz CT molecular complexity index is 617. The van der Waals surface area contributed by atoms with E-state index in [0.717, 1.165) is 16.0 Å². The molecule has 3 nitrogen and oxygen atoms in total. The molecule has 0 bridgehead atoms. The monoisotopic (exact) mass is 340 g/mol. The Labute approximate surface area is 151 Å². The van der Waals surface area contributed by atoms with Crippen LogP contribution >= 0.6 is 0 Å². The van der Waals surface area contributed by atoms with Crippen molar-refractivity contribution in [1.82, 2.24) is 0 Å². The van der Waals surface area contributed by atoms with Crippen molar-refractivity contribution in [2.75, 3.05) is 14.1 Å². The molecule has 2 aromatic rings. The van der Waals surface area contributed by atoms with Gasteiger partial charge in [0.05, 0.1) is 19.5 Å². The van der Waals surface area contributed by atoms with Crippen molar-refractivity contribution >= 4 is 5.78 Å². The molecule has 0 fully saturated rings. The average Bonchev–Trinajstić information content (AvgIpc) is 2.63. The van der Waals surface area contributed by atoms with Gasteiger partial charge in [-0.1, -0.05) is 67.6 Å². The van der Waals surface area contributed by atoms with Gasteiger partial charge < -0.3 is 10.0 Å². The Morgan fingerprint density at radius 1 is 1.00 bits per heavy atom. The van der Waals surface area contributed by atoms with Gasteiger partial charge in [-0.2, -0.15) is 0 Å². The maximum Gasteiger partial charge on any atom is 0.147 e. The number of hydrogen-bond acceptors (Lipinski definition) is 2. The van der Waals surface area contributed by atoms with Crippen molar-refractivity contribution in [3.63, 3.8) is 0 Å². The fourth-order valence-corrected chi connectivity index (χ4v) is 3.77. The van der Waals surface area contributed by atoms with Crippen LogP contribution in [0.3, 0.4) is 0 Å². The summed E-state index contributed by atoms with van der Waals surface area (Å²) in [5.41, 5.74) is 1.26. The van der Waals surface area contributed by atoms with Crippen LogP contribution in [-0.2, 0) is 10.2 Å². The molecule has 0 unspecified atom stereocenters. The second kappa shape index (κ2) is 8.41. The Morgan fingerprint density at radius 2 is 1.44 bits per heavy atom. The van der Waals surface area contributed by atoms with Crippen molar-refractivity contribution in [3.8, 4) is 0 Å². The first-order valence-electron chi connectivity index (χ1n) is 9.06. The van der Waals surface area contributed by atoms with Crippen molar-refractivity contribution in [1.29, 1.82) is 0 Å². The van der Waals surface area contributed by atoms with Gasteiger partial charge in [-0.3, -0.25) is 4.79 Å². The van der Waals surface area contributed by atoms with Crippen LogP contribution < -0.4 is 4.90 Å². The number of ketones is 1. The number of aliphatic hydroxyl groups excluding tert-OH is 1. The number of quaternary nitrogens is 1. The summed E-state index contributed by atoms with van der Waals surface area (Å²) in [7, 11) is 4.07. The van der Waals surface area contributed by atoms with Crippen LogP contribution in [0.5, 0.6) is 0 Å². The summed E-state index contributed by atoms with van der Waals surface area (Å²) in [6.45, 7) is 3.73. The van der Waals surface area contributed by atoms with Gasteiger partial charge in [-0.15, -0.1) is 0 Å². The minimum atomic E-state index is -0.740. The molecular weight excluding hydrogens is 310 g/mol. The van der Waals surface area contributed by atoms with E-state index >= 15 is 0 Å². The van der Waals surface area contributed by atoms with Crippen LogP contribution in [0.1, 0.15) is 37.8 Å². The number of aliphatic hydroxyl groups is 1. The molecule has 0 amide bonds. The molecule has 134 valence electrons. The molecule has 25 heavy (non-hydrogen) atoms. The van der Waals surface area contributed by atoms with Crippen LogP contribution in [0.4, 0.5) is 0 Å². The minimum absolute atomic E-state index is 0.0455. The summed E-state index contributed by atoms with van der Waals surface area (Å²) in [5.74, 6) is 0.191. The van der Waals surface area contributed by atoms with Crippen LogP contribution in [0.25, 0.3) is 0 Å². The highest BCUT2D eigenvalue weighted by molar-refractivity contribution is 5.93. The lowest BCUT2D eigenvalue weighted by Crippen LogP contribution is -3.11. The minimum Gasteiger partial charge on any atom is -0.387 e. The maximum absolute atomic E-state index is 13.3. The van der Waals surface area contributed by atoms with Gasteiger partial charge in [-0.05, 0) is 18.1 Å². The zero-order valence-corrected chi connectivity index (χ0v) is 15.7. The highest BCUT2D eigenvalue weighted by atomic mass is 16.3. The molecule has 3 heteroatoms. The SMILES string of the molecule is CCC(=O)C(C[C@H]([C@H](C)O)[NH+](C)C)(c1ccccc1)c1ccccc1. The summed E-state index contributed by atoms with van der Waals surface area (Å²) < 4.78 is 0. The first-order valence-corrected chi connectivity index (χ1v) is 9.06. The van der Waals surface area contributed by atoms with Crippen molar-refractivity contribution < 1.29 is 14.8 Å². The normalized spacial score (nSPS) is 14.3. The lowest BCUT2D eigenvalue weighted by atomic mass is 9.66. The Balaban J connectivity index is 2.70. The molecule has 0 saturated carbocycles. The Morgan fingerprint density at radius 3 is 1.76 bits per heavy atom. The third kappa shape index (κ3) is 4.00. The molecule has 2 N–H and O–H groups in total. The topological polar surface area (TPSA) is 41.7 Å².